The largest absolute Gasteiger partial charge is 0.368 e. The van der Waals surface area contributed by atoms with E-state index in [0.29, 0.717) is 29.8 Å². The van der Waals surface area contributed by atoms with E-state index >= 15 is 0 Å². The molecule has 0 saturated carbocycles. The fourth-order valence-electron chi connectivity index (χ4n) is 2.84. The van der Waals surface area contributed by atoms with Crippen LogP contribution in [0.25, 0.3) is 0 Å². The maximum absolute atomic E-state index is 13.5. The molecule has 0 spiro atoms. The number of ketones is 1. The lowest BCUT2D eigenvalue weighted by Gasteiger charge is -2.25. The average molecular weight is 350 g/mol. The number of carbonyl (C=O) groups excluding carboxylic acids is 1. The van der Waals surface area contributed by atoms with Crippen molar-refractivity contribution >= 4 is 27.7 Å². The average Bonchev–Trinajstić information content (AvgIpc) is 2.40. The van der Waals surface area contributed by atoms with Gasteiger partial charge in [0.1, 0.15) is 5.82 Å². The van der Waals surface area contributed by atoms with E-state index in [1.165, 1.54) is 12.1 Å². The Bertz CT molecular complexity index is 748. The second kappa shape index (κ2) is 5.18. The van der Waals surface area contributed by atoms with Crippen molar-refractivity contribution in [1.29, 1.82) is 0 Å². The van der Waals surface area contributed by atoms with Gasteiger partial charge in [0, 0.05) is 10.9 Å². The first kappa shape index (κ1) is 14.1. The third-order valence-corrected chi connectivity index (χ3v) is 4.45. The van der Waals surface area contributed by atoms with Gasteiger partial charge in [0.05, 0.1) is 17.0 Å². The number of Topliss-reactive ketones (excluding diaryl/α,β-unsaturated/α-hetero) is 1. The number of hydrogen-bond donors (Lipinski definition) is 1. The SMILES string of the molecule is Cc1nc(N)nc2c1C(=O)CC(c1cc(F)ccc1Br)C2. The Balaban J connectivity index is 2.06. The molecule has 0 saturated heterocycles. The number of rotatable bonds is 1. The summed E-state index contributed by atoms with van der Waals surface area (Å²) in [5, 5.41) is 0. The Morgan fingerprint density at radius 3 is 2.86 bits per heavy atom. The molecular weight excluding hydrogens is 337 g/mol. The molecule has 0 aliphatic heterocycles. The van der Waals surface area contributed by atoms with E-state index in [2.05, 4.69) is 25.9 Å². The molecule has 108 valence electrons. The molecule has 1 aliphatic rings. The highest BCUT2D eigenvalue weighted by molar-refractivity contribution is 9.10. The number of aromatic nitrogens is 2. The van der Waals surface area contributed by atoms with Gasteiger partial charge in [0.2, 0.25) is 5.95 Å². The van der Waals surface area contributed by atoms with Crippen molar-refractivity contribution in [2.24, 2.45) is 0 Å². The van der Waals surface area contributed by atoms with Crippen molar-refractivity contribution in [3.63, 3.8) is 0 Å². The van der Waals surface area contributed by atoms with Crippen molar-refractivity contribution in [3.8, 4) is 0 Å². The quantitative estimate of drug-likeness (QED) is 0.858. The van der Waals surface area contributed by atoms with Gasteiger partial charge in [0.25, 0.3) is 0 Å². The number of nitrogens with zero attached hydrogens (tertiary/aromatic N) is 2. The first-order valence-corrected chi connectivity index (χ1v) is 7.36. The molecule has 4 nitrogen and oxygen atoms in total. The molecule has 3 rings (SSSR count). The minimum absolute atomic E-state index is 0.0186. The fraction of sp³-hybridized carbons (Fsp3) is 0.267. The van der Waals surface area contributed by atoms with Crippen LogP contribution in [0.3, 0.4) is 0 Å². The van der Waals surface area contributed by atoms with Gasteiger partial charge < -0.3 is 5.73 Å². The summed E-state index contributed by atoms with van der Waals surface area (Å²) in [5.41, 5.74) is 8.27. The van der Waals surface area contributed by atoms with Crippen LogP contribution in [-0.4, -0.2) is 15.8 Å². The molecule has 1 unspecified atom stereocenters. The Morgan fingerprint density at radius 2 is 2.10 bits per heavy atom. The summed E-state index contributed by atoms with van der Waals surface area (Å²) in [6, 6.07) is 4.51. The van der Waals surface area contributed by atoms with Crippen molar-refractivity contribution in [2.75, 3.05) is 5.73 Å². The van der Waals surface area contributed by atoms with Gasteiger partial charge in [-0.1, -0.05) is 15.9 Å². The smallest absolute Gasteiger partial charge is 0.220 e. The van der Waals surface area contributed by atoms with Gasteiger partial charge >= 0.3 is 0 Å². The van der Waals surface area contributed by atoms with Crippen LogP contribution in [0.2, 0.25) is 0 Å². The molecule has 0 bridgehead atoms. The van der Waals surface area contributed by atoms with E-state index in [0.717, 1.165) is 10.0 Å². The maximum Gasteiger partial charge on any atom is 0.220 e. The molecule has 0 radical (unpaired) electrons. The Labute approximate surface area is 129 Å². The molecule has 6 heteroatoms. The zero-order valence-corrected chi connectivity index (χ0v) is 12.9. The molecule has 2 N–H and O–H groups in total. The second-order valence-electron chi connectivity index (χ2n) is 5.18. The summed E-state index contributed by atoms with van der Waals surface area (Å²) >= 11 is 3.42. The summed E-state index contributed by atoms with van der Waals surface area (Å²) in [5.74, 6) is -0.276. The van der Waals surface area contributed by atoms with Crippen LogP contribution >= 0.6 is 15.9 Å². The van der Waals surface area contributed by atoms with E-state index in [1.54, 1.807) is 13.0 Å². The van der Waals surface area contributed by atoms with Gasteiger partial charge in [-0.25, -0.2) is 14.4 Å². The van der Waals surface area contributed by atoms with Crippen LogP contribution in [0, 0.1) is 12.7 Å². The van der Waals surface area contributed by atoms with Gasteiger partial charge in [0.15, 0.2) is 5.78 Å². The number of halogens is 2. The molecule has 21 heavy (non-hydrogen) atoms. The van der Waals surface area contributed by atoms with Crippen LogP contribution in [-0.2, 0) is 6.42 Å². The molecular formula is C15H13BrFN3O. The molecule has 2 aromatic rings. The number of anilines is 1. The highest BCUT2D eigenvalue weighted by Crippen LogP contribution is 2.36. The van der Waals surface area contributed by atoms with Crippen molar-refractivity contribution in [1.82, 2.24) is 9.97 Å². The topological polar surface area (TPSA) is 68.9 Å². The monoisotopic (exact) mass is 349 g/mol. The van der Waals surface area contributed by atoms with Gasteiger partial charge in [-0.2, -0.15) is 0 Å². The predicted octanol–water partition coefficient (Wildman–Crippen LogP) is 3.18. The van der Waals surface area contributed by atoms with Crippen LogP contribution in [0.15, 0.2) is 22.7 Å². The lowest BCUT2D eigenvalue weighted by Crippen LogP contribution is -2.23. The molecule has 0 amide bonds. The molecule has 1 aromatic carbocycles. The van der Waals surface area contributed by atoms with Crippen molar-refractivity contribution < 1.29 is 9.18 Å². The molecule has 1 atom stereocenters. The lowest BCUT2D eigenvalue weighted by atomic mass is 9.81. The molecule has 1 aliphatic carbocycles. The number of carbonyl (C=O) groups is 1. The van der Waals surface area contributed by atoms with Gasteiger partial charge in [-0.05, 0) is 43.0 Å². The van der Waals surface area contributed by atoms with Crippen molar-refractivity contribution in [2.45, 2.75) is 25.7 Å². The van der Waals surface area contributed by atoms with Gasteiger partial charge in [-0.3, -0.25) is 4.79 Å². The van der Waals surface area contributed by atoms with E-state index in [-0.39, 0.29) is 23.5 Å². The second-order valence-corrected chi connectivity index (χ2v) is 6.04. The van der Waals surface area contributed by atoms with Crippen LogP contribution in [0.4, 0.5) is 10.3 Å². The highest BCUT2D eigenvalue weighted by Gasteiger charge is 2.30. The summed E-state index contributed by atoms with van der Waals surface area (Å²) in [4.78, 5) is 20.6. The van der Waals surface area contributed by atoms with E-state index in [9.17, 15) is 9.18 Å². The number of fused-ring (bicyclic) bond motifs is 1. The van der Waals surface area contributed by atoms with Gasteiger partial charge in [-0.15, -0.1) is 0 Å². The van der Waals surface area contributed by atoms with E-state index in [4.69, 9.17) is 5.73 Å². The van der Waals surface area contributed by atoms with E-state index in [1.807, 2.05) is 0 Å². The third kappa shape index (κ3) is 2.55. The number of hydrogen-bond acceptors (Lipinski definition) is 4. The first-order valence-electron chi connectivity index (χ1n) is 6.57. The number of benzene rings is 1. The number of aryl methyl sites for hydroxylation is 1. The summed E-state index contributed by atoms with van der Waals surface area (Å²) in [6.45, 7) is 1.76. The minimum Gasteiger partial charge on any atom is -0.368 e. The van der Waals surface area contributed by atoms with E-state index < -0.39 is 0 Å². The first-order chi connectivity index (χ1) is 9.95. The lowest BCUT2D eigenvalue weighted by molar-refractivity contribution is 0.0962. The zero-order valence-electron chi connectivity index (χ0n) is 11.4. The Kier molecular flexibility index (Phi) is 3.49. The molecule has 1 heterocycles. The fourth-order valence-corrected chi connectivity index (χ4v) is 3.42. The summed E-state index contributed by atoms with van der Waals surface area (Å²) < 4.78 is 14.3. The number of nitrogens with two attached hydrogens (primary N) is 1. The normalized spacial score (nSPS) is 17.7. The molecule has 1 aromatic heterocycles. The van der Waals surface area contributed by atoms with Crippen LogP contribution in [0.1, 0.15) is 39.6 Å². The van der Waals surface area contributed by atoms with Crippen LogP contribution in [0.5, 0.6) is 0 Å². The summed E-state index contributed by atoms with van der Waals surface area (Å²) in [7, 11) is 0. The zero-order chi connectivity index (χ0) is 15.1. The summed E-state index contributed by atoms with van der Waals surface area (Å²) in [6.07, 6.45) is 0.875. The minimum atomic E-state index is -0.315. The Morgan fingerprint density at radius 1 is 1.33 bits per heavy atom. The highest BCUT2D eigenvalue weighted by atomic mass is 79.9. The van der Waals surface area contributed by atoms with Crippen LogP contribution < -0.4 is 5.73 Å². The molecule has 0 fully saturated rings. The standard InChI is InChI=1S/C15H13BrFN3O/c1-7-14-12(20-15(18)19-7)4-8(5-13(14)21)10-6-9(17)2-3-11(10)16/h2-3,6,8H,4-5H2,1H3,(H2,18,19,20). The third-order valence-electron chi connectivity index (χ3n) is 3.73. The predicted molar refractivity (Wildman–Crippen MR) is 80.7 cm³/mol. The Hall–Kier alpha value is -1.82. The maximum atomic E-state index is 13.5. The van der Waals surface area contributed by atoms with Crippen molar-refractivity contribution in [3.05, 3.63) is 51.0 Å². The number of nitrogen functional groups attached to an aromatic ring is 1.